The predicted octanol–water partition coefficient (Wildman–Crippen LogP) is 2.56. The van der Waals surface area contributed by atoms with E-state index in [1.165, 1.54) is 0 Å². The number of halogens is 1. The van der Waals surface area contributed by atoms with Gasteiger partial charge in [-0.3, -0.25) is 4.79 Å². The maximum absolute atomic E-state index is 11.8. The Labute approximate surface area is 114 Å². The van der Waals surface area contributed by atoms with Gasteiger partial charge in [-0.1, -0.05) is 34.8 Å². The molecule has 1 amide bonds. The topological polar surface area (TPSA) is 54.9 Å². The van der Waals surface area contributed by atoms with Crippen molar-refractivity contribution >= 4 is 29.0 Å². The SMILES string of the molecule is Cc1nnsc1C(=O)NCC(Cl)c1ccccc1. The van der Waals surface area contributed by atoms with Crippen LogP contribution in [0.1, 0.15) is 26.3 Å². The van der Waals surface area contributed by atoms with Crippen LogP contribution in [0.3, 0.4) is 0 Å². The first-order valence-electron chi connectivity index (χ1n) is 5.44. The summed E-state index contributed by atoms with van der Waals surface area (Å²) in [6.07, 6.45) is 0. The van der Waals surface area contributed by atoms with Gasteiger partial charge in [0.1, 0.15) is 4.88 Å². The smallest absolute Gasteiger partial charge is 0.264 e. The molecular formula is C12H12ClN3OS. The predicted molar refractivity (Wildman–Crippen MR) is 72.0 cm³/mol. The fourth-order valence-corrected chi connectivity index (χ4v) is 2.28. The van der Waals surface area contributed by atoms with Crippen LogP contribution in [0.15, 0.2) is 30.3 Å². The monoisotopic (exact) mass is 281 g/mol. The third-order valence-corrected chi connectivity index (χ3v) is 3.69. The van der Waals surface area contributed by atoms with Crippen molar-refractivity contribution in [2.45, 2.75) is 12.3 Å². The number of alkyl halides is 1. The number of amides is 1. The molecule has 4 nitrogen and oxygen atoms in total. The van der Waals surface area contributed by atoms with Crippen molar-refractivity contribution in [2.24, 2.45) is 0 Å². The zero-order chi connectivity index (χ0) is 13.0. The van der Waals surface area contributed by atoms with Crippen molar-refractivity contribution in [1.29, 1.82) is 0 Å². The molecule has 0 saturated heterocycles. The lowest BCUT2D eigenvalue weighted by Crippen LogP contribution is -2.26. The van der Waals surface area contributed by atoms with Crippen molar-refractivity contribution in [1.82, 2.24) is 14.9 Å². The highest BCUT2D eigenvalue weighted by Crippen LogP contribution is 2.19. The lowest BCUT2D eigenvalue weighted by molar-refractivity contribution is 0.0957. The highest BCUT2D eigenvalue weighted by atomic mass is 35.5. The van der Waals surface area contributed by atoms with Crippen LogP contribution in [-0.4, -0.2) is 22.0 Å². The van der Waals surface area contributed by atoms with Gasteiger partial charge in [-0.2, -0.15) is 0 Å². The van der Waals surface area contributed by atoms with Crippen LogP contribution < -0.4 is 5.32 Å². The second-order valence-corrected chi connectivity index (χ2v) is 5.06. The highest BCUT2D eigenvalue weighted by Gasteiger charge is 2.15. The van der Waals surface area contributed by atoms with E-state index < -0.39 is 0 Å². The average Bonchev–Trinajstić information content (AvgIpc) is 2.83. The second-order valence-electron chi connectivity index (χ2n) is 3.78. The van der Waals surface area contributed by atoms with Crippen LogP contribution in [0.25, 0.3) is 0 Å². The number of hydrogen-bond donors (Lipinski definition) is 1. The quantitative estimate of drug-likeness (QED) is 0.877. The molecule has 0 aliphatic rings. The van der Waals surface area contributed by atoms with Crippen molar-refractivity contribution in [3.8, 4) is 0 Å². The Bertz CT molecular complexity index is 529. The molecule has 1 aromatic heterocycles. The van der Waals surface area contributed by atoms with E-state index in [4.69, 9.17) is 11.6 Å². The summed E-state index contributed by atoms with van der Waals surface area (Å²) in [5, 5.41) is 6.34. The van der Waals surface area contributed by atoms with Gasteiger partial charge in [-0.25, -0.2) is 0 Å². The lowest BCUT2D eigenvalue weighted by Gasteiger charge is -2.10. The summed E-state index contributed by atoms with van der Waals surface area (Å²) in [6.45, 7) is 2.13. The van der Waals surface area contributed by atoms with Crippen molar-refractivity contribution < 1.29 is 4.79 Å². The van der Waals surface area contributed by atoms with Gasteiger partial charge in [-0.15, -0.1) is 16.7 Å². The van der Waals surface area contributed by atoms with E-state index in [-0.39, 0.29) is 11.3 Å². The highest BCUT2D eigenvalue weighted by molar-refractivity contribution is 7.07. The average molecular weight is 282 g/mol. The number of benzene rings is 1. The molecule has 6 heteroatoms. The number of aromatic nitrogens is 2. The summed E-state index contributed by atoms with van der Waals surface area (Å²) >= 11 is 7.30. The lowest BCUT2D eigenvalue weighted by atomic mass is 10.1. The summed E-state index contributed by atoms with van der Waals surface area (Å²) in [4.78, 5) is 12.4. The number of carbonyl (C=O) groups is 1. The standard InChI is InChI=1S/C12H12ClN3OS/c1-8-11(18-16-15-8)12(17)14-7-10(13)9-5-3-2-4-6-9/h2-6,10H,7H2,1H3,(H,14,17). The van der Waals surface area contributed by atoms with Crippen LogP contribution in [-0.2, 0) is 0 Å². The molecule has 2 rings (SSSR count). The number of carbonyl (C=O) groups excluding carboxylic acids is 1. The Morgan fingerprint density at radius 3 is 2.78 bits per heavy atom. The van der Waals surface area contributed by atoms with Gasteiger partial charge in [0.2, 0.25) is 0 Å². The Morgan fingerprint density at radius 1 is 1.44 bits per heavy atom. The van der Waals surface area contributed by atoms with Gasteiger partial charge in [0, 0.05) is 6.54 Å². The number of aryl methyl sites for hydroxylation is 1. The van der Waals surface area contributed by atoms with E-state index in [9.17, 15) is 4.79 Å². The first kappa shape index (κ1) is 13.0. The van der Waals surface area contributed by atoms with Crippen LogP contribution in [0.4, 0.5) is 0 Å². The third kappa shape index (κ3) is 3.05. The van der Waals surface area contributed by atoms with Crippen molar-refractivity contribution in [2.75, 3.05) is 6.54 Å². The van der Waals surface area contributed by atoms with Gasteiger partial charge in [0.05, 0.1) is 11.1 Å². The number of hydrogen-bond acceptors (Lipinski definition) is 4. The Kier molecular flexibility index (Phi) is 4.28. The van der Waals surface area contributed by atoms with Gasteiger partial charge < -0.3 is 5.32 Å². The Balaban J connectivity index is 1.93. The minimum atomic E-state index is -0.240. The molecule has 0 aliphatic heterocycles. The zero-order valence-corrected chi connectivity index (χ0v) is 11.3. The molecule has 1 aromatic carbocycles. The van der Waals surface area contributed by atoms with Crippen LogP contribution >= 0.6 is 23.1 Å². The summed E-state index contributed by atoms with van der Waals surface area (Å²) in [7, 11) is 0. The number of nitrogens with zero attached hydrogens (tertiary/aromatic N) is 2. The molecule has 1 atom stereocenters. The summed E-state index contributed by atoms with van der Waals surface area (Å²) < 4.78 is 3.73. The summed E-state index contributed by atoms with van der Waals surface area (Å²) in [6, 6.07) is 9.64. The Hall–Kier alpha value is -1.46. The van der Waals surface area contributed by atoms with Gasteiger partial charge in [0.15, 0.2) is 0 Å². The molecule has 0 saturated carbocycles. The van der Waals surface area contributed by atoms with Crippen molar-refractivity contribution in [3.63, 3.8) is 0 Å². The third-order valence-electron chi connectivity index (χ3n) is 2.46. The van der Waals surface area contributed by atoms with E-state index in [0.717, 1.165) is 17.1 Å². The maximum Gasteiger partial charge on any atom is 0.264 e. The summed E-state index contributed by atoms with van der Waals surface area (Å²) in [5.74, 6) is -0.177. The minimum Gasteiger partial charge on any atom is -0.349 e. The molecule has 0 bridgehead atoms. The molecule has 1 unspecified atom stereocenters. The fourth-order valence-electron chi connectivity index (χ4n) is 1.48. The molecule has 1 heterocycles. The minimum absolute atomic E-state index is 0.177. The number of rotatable bonds is 4. The Morgan fingerprint density at radius 2 is 2.17 bits per heavy atom. The van der Waals surface area contributed by atoms with E-state index >= 15 is 0 Å². The normalized spacial score (nSPS) is 12.1. The fraction of sp³-hybridized carbons (Fsp3) is 0.250. The van der Waals surface area contributed by atoms with Crippen LogP contribution in [0.5, 0.6) is 0 Å². The molecule has 0 fully saturated rings. The molecule has 18 heavy (non-hydrogen) atoms. The van der Waals surface area contributed by atoms with Gasteiger partial charge >= 0.3 is 0 Å². The van der Waals surface area contributed by atoms with Crippen LogP contribution in [0.2, 0.25) is 0 Å². The largest absolute Gasteiger partial charge is 0.349 e. The maximum atomic E-state index is 11.8. The van der Waals surface area contributed by atoms with Gasteiger partial charge in [0.25, 0.3) is 5.91 Å². The second kappa shape index (κ2) is 5.93. The van der Waals surface area contributed by atoms with E-state index in [2.05, 4.69) is 14.9 Å². The van der Waals surface area contributed by atoms with E-state index in [0.29, 0.717) is 17.1 Å². The summed E-state index contributed by atoms with van der Waals surface area (Å²) in [5.41, 5.74) is 1.63. The first-order chi connectivity index (χ1) is 8.68. The van der Waals surface area contributed by atoms with Crippen molar-refractivity contribution in [3.05, 3.63) is 46.5 Å². The molecule has 1 N–H and O–H groups in total. The molecule has 0 spiro atoms. The van der Waals surface area contributed by atoms with E-state index in [1.807, 2.05) is 30.3 Å². The molecule has 0 radical (unpaired) electrons. The molecular weight excluding hydrogens is 270 g/mol. The zero-order valence-electron chi connectivity index (χ0n) is 9.76. The molecule has 94 valence electrons. The van der Waals surface area contributed by atoms with E-state index in [1.54, 1.807) is 6.92 Å². The first-order valence-corrected chi connectivity index (χ1v) is 6.65. The number of nitrogens with one attached hydrogen (secondary N) is 1. The van der Waals surface area contributed by atoms with Gasteiger partial charge in [-0.05, 0) is 24.0 Å². The van der Waals surface area contributed by atoms with Crippen LogP contribution in [0, 0.1) is 6.92 Å². The molecule has 0 aliphatic carbocycles. The molecule has 2 aromatic rings.